The topological polar surface area (TPSA) is 83.6 Å². The smallest absolute Gasteiger partial charge is 0.326 e. The number of carboxylic acid groups (broad SMARTS) is 1. The number of carboxylic acids is 1. The van der Waals surface area contributed by atoms with Crippen LogP contribution < -0.4 is 5.73 Å². The summed E-state index contributed by atoms with van der Waals surface area (Å²) in [6, 6.07) is -1.03. The van der Waals surface area contributed by atoms with E-state index < -0.39 is 17.4 Å². The highest BCUT2D eigenvalue weighted by molar-refractivity contribution is 5.86. The van der Waals surface area contributed by atoms with Crippen molar-refractivity contribution in [3.8, 4) is 0 Å². The average Bonchev–Trinajstić information content (AvgIpc) is 2.26. The van der Waals surface area contributed by atoms with Gasteiger partial charge in [-0.25, -0.2) is 4.79 Å². The summed E-state index contributed by atoms with van der Waals surface area (Å²) in [7, 11) is 0. The molecular weight excluding hydrogens is 196 g/mol. The Morgan fingerprint density at radius 1 is 1.60 bits per heavy atom. The molecule has 3 N–H and O–H groups in total. The van der Waals surface area contributed by atoms with Gasteiger partial charge >= 0.3 is 5.97 Å². The molecule has 0 aliphatic carbocycles. The van der Waals surface area contributed by atoms with Gasteiger partial charge in [-0.05, 0) is 5.41 Å². The molecule has 1 fully saturated rings. The third kappa shape index (κ3) is 2.47. The van der Waals surface area contributed by atoms with Gasteiger partial charge in [0.1, 0.15) is 6.04 Å². The number of carbonyl (C=O) groups excluding carboxylic acids is 1. The second-order valence-corrected chi connectivity index (χ2v) is 5.12. The number of aliphatic carboxylic acids is 1. The molecule has 1 aliphatic rings. The molecule has 1 saturated heterocycles. The second-order valence-electron chi connectivity index (χ2n) is 5.12. The molecule has 2 atom stereocenters. The first kappa shape index (κ1) is 12.0. The van der Waals surface area contributed by atoms with Crippen molar-refractivity contribution in [3.05, 3.63) is 0 Å². The van der Waals surface area contributed by atoms with Gasteiger partial charge in [0.2, 0.25) is 5.91 Å². The van der Waals surface area contributed by atoms with E-state index in [2.05, 4.69) is 0 Å². The third-order valence-electron chi connectivity index (χ3n) is 2.55. The van der Waals surface area contributed by atoms with Crippen molar-refractivity contribution in [1.29, 1.82) is 0 Å². The molecule has 2 unspecified atom stereocenters. The van der Waals surface area contributed by atoms with Crippen LogP contribution in [0.1, 0.15) is 27.2 Å². The van der Waals surface area contributed by atoms with E-state index in [0.29, 0.717) is 6.54 Å². The van der Waals surface area contributed by atoms with Crippen molar-refractivity contribution in [2.75, 3.05) is 6.54 Å². The van der Waals surface area contributed by atoms with Gasteiger partial charge in [-0.2, -0.15) is 0 Å². The zero-order valence-corrected chi connectivity index (χ0v) is 9.36. The van der Waals surface area contributed by atoms with Crippen LogP contribution in [0.4, 0.5) is 0 Å². The van der Waals surface area contributed by atoms with Crippen molar-refractivity contribution in [2.24, 2.45) is 11.1 Å². The zero-order valence-electron chi connectivity index (χ0n) is 9.36. The van der Waals surface area contributed by atoms with Crippen LogP contribution in [0.2, 0.25) is 0 Å². The highest BCUT2D eigenvalue weighted by Crippen LogP contribution is 2.27. The minimum Gasteiger partial charge on any atom is -0.480 e. The Morgan fingerprint density at radius 2 is 2.13 bits per heavy atom. The van der Waals surface area contributed by atoms with Crippen LogP contribution in [0.25, 0.3) is 0 Å². The van der Waals surface area contributed by atoms with Crippen molar-refractivity contribution < 1.29 is 14.7 Å². The second kappa shape index (κ2) is 3.81. The predicted molar refractivity (Wildman–Crippen MR) is 55.2 cm³/mol. The van der Waals surface area contributed by atoms with E-state index in [1.807, 2.05) is 20.8 Å². The summed E-state index contributed by atoms with van der Waals surface area (Å²) < 4.78 is 0. The zero-order chi connectivity index (χ0) is 11.8. The molecule has 15 heavy (non-hydrogen) atoms. The summed E-state index contributed by atoms with van der Waals surface area (Å²) in [4.78, 5) is 24.1. The minimum absolute atomic E-state index is 0.162. The summed E-state index contributed by atoms with van der Waals surface area (Å²) in [6.07, 6.45) is 0.250. The number of nitrogens with two attached hydrogens (primary N) is 1. The van der Waals surface area contributed by atoms with Crippen LogP contribution in [-0.2, 0) is 9.59 Å². The van der Waals surface area contributed by atoms with Gasteiger partial charge < -0.3 is 15.7 Å². The van der Waals surface area contributed by atoms with E-state index in [0.717, 1.165) is 0 Å². The Bertz CT molecular complexity index is 283. The summed E-state index contributed by atoms with van der Waals surface area (Å²) >= 11 is 0. The summed E-state index contributed by atoms with van der Waals surface area (Å²) in [5, 5.41) is 9.14. The Hall–Kier alpha value is -1.10. The Morgan fingerprint density at radius 3 is 2.40 bits per heavy atom. The Balaban J connectivity index is 2.91. The summed E-state index contributed by atoms with van der Waals surface area (Å²) in [6.45, 7) is 5.77. The SMILES string of the molecule is CC(C)(C)C(C(=O)O)N1CC(N)CC1=O. The quantitative estimate of drug-likeness (QED) is 0.680. The van der Waals surface area contributed by atoms with E-state index in [1.54, 1.807) is 0 Å². The maximum atomic E-state index is 11.6. The highest BCUT2D eigenvalue weighted by atomic mass is 16.4. The normalized spacial score (nSPS) is 24.4. The lowest BCUT2D eigenvalue weighted by Gasteiger charge is -2.34. The number of nitrogens with zero attached hydrogens (tertiary/aromatic N) is 1. The number of carbonyl (C=O) groups is 2. The van der Waals surface area contributed by atoms with Gasteiger partial charge in [-0.1, -0.05) is 20.8 Å². The first-order chi connectivity index (χ1) is 6.73. The first-order valence-electron chi connectivity index (χ1n) is 5.01. The fourth-order valence-corrected chi connectivity index (χ4v) is 1.98. The molecular formula is C10H18N2O3. The van der Waals surface area contributed by atoms with Gasteiger partial charge in [0.25, 0.3) is 0 Å². The molecule has 0 aromatic rings. The molecule has 0 aromatic carbocycles. The maximum Gasteiger partial charge on any atom is 0.326 e. The number of amides is 1. The molecule has 0 spiro atoms. The molecule has 5 nitrogen and oxygen atoms in total. The number of likely N-dealkylation sites (tertiary alicyclic amines) is 1. The third-order valence-corrected chi connectivity index (χ3v) is 2.55. The van der Waals surface area contributed by atoms with Crippen LogP contribution in [0, 0.1) is 5.41 Å². The molecule has 0 radical (unpaired) electrons. The van der Waals surface area contributed by atoms with Crippen LogP contribution in [-0.4, -0.2) is 40.5 Å². The molecule has 5 heteroatoms. The molecule has 0 aromatic heterocycles. The van der Waals surface area contributed by atoms with E-state index in [9.17, 15) is 9.59 Å². The molecule has 1 amide bonds. The lowest BCUT2D eigenvalue weighted by Crippen LogP contribution is -2.50. The number of hydrogen-bond donors (Lipinski definition) is 2. The van der Waals surface area contributed by atoms with Gasteiger partial charge in [0.15, 0.2) is 0 Å². The van der Waals surface area contributed by atoms with Crippen LogP contribution in [0.5, 0.6) is 0 Å². The monoisotopic (exact) mass is 214 g/mol. The van der Waals surface area contributed by atoms with E-state index in [4.69, 9.17) is 10.8 Å². The Labute approximate surface area is 89.2 Å². The van der Waals surface area contributed by atoms with Gasteiger partial charge in [0, 0.05) is 19.0 Å². The molecule has 1 heterocycles. The van der Waals surface area contributed by atoms with Crippen molar-refractivity contribution in [1.82, 2.24) is 4.90 Å². The molecule has 86 valence electrons. The van der Waals surface area contributed by atoms with Crippen LogP contribution in [0.3, 0.4) is 0 Å². The van der Waals surface area contributed by atoms with Crippen LogP contribution in [0.15, 0.2) is 0 Å². The highest BCUT2D eigenvalue weighted by Gasteiger charge is 2.42. The fourth-order valence-electron chi connectivity index (χ4n) is 1.98. The Kier molecular flexibility index (Phi) is 3.04. The van der Waals surface area contributed by atoms with E-state index >= 15 is 0 Å². The molecule has 0 saturated carbocycles. The molecule has 0 bridgehead atoms. The van der Waals surface area contributed by atoms with Crippen LogP contribution >= 0.6 is 0 Å². The van der Waals surface area contributed by atoms with Gasteiger partial charge in [-0.15, -0.1) is 0 Å². The van der Waals surface area contributed by atoms with E-state index in [1.165, 1.54) is 4.90 Å². The number of hydrogen-bond acceptors (Lipinski definition) is 3. The average molecular weight is 214 g/mol. The van der Waals surface area contributed by atoms with Crippen molar-refractivity contribution >= 4 is 11.9 Å². The number of rotatable bonds is 2. The molecule has 1 aliphatic heterocycles. The first-order valence-corrected chi connectivity index (χ1v) is 5.01. The van der Waals surface area contributed by atoms with E-state index in [-0.39, 0.29) is 18.4 Å². The lowest BCUT2D eigenvalue weighted by molar-refractivity contribution is -0.153. The van der Waals surface area contributed by atoms with Crippen molar-refractivity contribution in [3.63, 3.8) is 0 Å². The molecule has 1 rings (SSSR count). The maximum absolute atomic E-state index is 11.6. The summed E-state index contributed by atoms with van der Waals surface area (Å²) in [5.74, 6) is -1.13. The predicted octanol–water partition coefficient (Wildman–Crippen LogP) is 0.0453. The summed E-state index contributed by atoms with van der Waals surface area (Å²) in [5.41, 5.74) is 5.16. The lowest BCUT2D eigenvalue weighted by atomic mass is 9.86. The largest absolute Gasteiger partial charge is 0.480 e. The van der Waals surface area contributed by atoms with Gasteiger partial charge in [0.05, 0.1) is 0 Å². The van der Waals surface area contributed by atoms with Gasteiger partial charge in [-0.3, -0.25) is 4.79 Å². The fraction of sp³-hybridized carbons (Fsp3) is 0.800. The minimum atomic E-state index is -0.968. The standard InChI is InChI=1S/C10H18N2O3/c1-10(2,3)8(9(14)15)12-5-6(11)4-7(12)13/h6,8H,4-5,11H2,1-3H3,(H,14,15). The van der Waals surface area contributed by atoms with Crippen molar-refractivity contribution in [2.45, 2.75) is 39.3 Å².